The maximum absolute atomic E-state index is 13.3. The van der Waals surface area contributed by atoms with E-state index in [0.717, 1.165) is 0 Å². The number of esters is 3. The van der Waals surface area contributed by atoms with E-state index in [1.807, 2.05) is 0 Å². The topological polar surface area (TPSA) is 144 Å². The molecule has 212 valence electrons. The smallest absolute Gasteiger partial charge is 0.338 e. The van der Waals surface area contributed by atoms with E-state index in [1.54, 1.807) is 96.4 Å². The van der Waals surface area contributed by atoms with Crippen LogP contribution in [0.15, 0.2) is 96.4 Å². The van der Waals surface area contributed by atoms with E-state index < -0.39 is 42.3 Å². The summed E-state index contributed by atoms with van der Waals surface area (Å²) in [5.41, 5.74) is 7.23. The third kappa shape index (κ3) is 5.57. The molecule has 0 bridgehead atoms. The highest BCUT2D eigenvalue weighted by Gasteiger charge is 2.52. The molecule has 1 aliphatic heterocycles. The van der Waals surface area contributed by atoms with Gasteiger partial charge in [0.2, 0.25) is 10.9 Å². The van der Waals surface area contributed by atoms with Crippen molar-refractivity contribution in [1.29, 1.82) is 0 Å². The fourth-order valence-corrected chi connectivity index (χ4v) is 5.48. The lowest BCUT2D eigenvalue weighted by Crippen LogP contribution is -2.41. The van der Waals surface area contributed by atoms with Crippen molar-refractivity contribution < 1.29 is 33.3 Å². The van der Waals surface area contributed by atoms with Gasteiger partial charge in [-0.3, -0.25) is 0 Å². The Bertz CT molecular complexity index is 1710. The standard InChI is InChI=1S/C30H24N4O7S/c31-29-32-30-34(33-29)21(17-42-30)23-25(41-28(37)20-14-8-3-9-15-20)24(40-27(36)19-12-6-2-7-13-19)22(39-23)16-38-26(35)18-10-4-1-5-11-18/h1-15,17,22-25H,16H2,(H2,31,33)/t22-,23+,24-,25+/m1/s1. The quantitative estimate of drug-likeness (QED) is 0.209. The number of aromatic nitrogens is 3. The second-order valence-electron chi connectivity index (χ2n) is 9.36. The fraction of sp³-hybridized carbons (Fsp3) is 0.167. The van der Waals surface area contributed by atoms with Gasteiger partial charge >= 0.3 is 17.9 Å². The third-order valence-electron chi connectivity index (χ3n) is 6.62. The van der Waals surface area contributed by atoms with Crippen LogP contribution in [0.25, 0.3) is 4.96 Å². The van der Waals surface area contributed by atoms with E-state index in [9.17, 15) is 14.4 Å². The van der Waals surface area contributed by atoms with Crippen LogP contribution >= 0.6 is 11.3 Å². The molecule has 0 spiro atoms. The number of nitrogens with zero attached hydrogens (tertiary/aromatic N) is 3. The molecule has 0 radical (unpaired) electrons. The first-order valence-corrected chi connectivity index (χ1v) is 13.9. The highest BCUT2D eigenvalue weighted by Crippen LogP contribution is 2.40. The average Bonchev–Trinajstić information content (AvgIpc) is 3.69. The zero-order valence-corrected chi connectivity index (χ0v) is 22.8. The van der Waals surface area contributed by atoms with Crippen LogP contribution in [0.2, 0.25) is 0 Å². The molecule has 3 aromatic carbocycles. The molecule has 5 aromatic rings. The van der Waals surface area contributed by atoms with E-state index in [0.29, 0.717) is 21.8 Å². The van der Waals surface area contributed by atoms with E-state index in [-0.39, 0.29) is 18.1 Å². The number of anilines is 1. The molecule has 0 amide bonds. The highest BCUT2D eigenvalue weighted by atomic mass is 32.1. The summed E-state index contributed by atoms with van der Waals surface area (Å²) in [6.07, 6.45) is -4.27. The van der Waals surface area contributed by atoms with Crippen molar-refractivity contribution in [2.45, 2.75) is 24.4 Å². The van der Waals surface area contributed by atoms with Crippen LogP contribution in [-0.4, -0.2) is 57.4 Å². The molecule has 1 saturated heterocycles. The molecule has 0 aliphatic carbocycles. The van der Waals surface area contributed by atoms with E-state index in [2.05, 4.69) is 10.1 Å². The van der Waals surface area contributed by atoms with Crippen molar-refractivity contribution in [2.24, 2.45) is 0 Å². The Morgan fingerprint density at radius 1 is 0.786 bits per heavy atom. The van der Waals surface area contributed by atoms with Gasteiger partial charge in [0.1, 0.15) is 18.8 Å². The Kier molecular flexibility index (Phi) is 7.62. The van der Waals surface area contributed by atoms with Gasteiger partial charge in [-0.2, -0.15) is 4.98 Å². The Balaban J connectivity index is 1.35. The number of hydrogen-bond donors (Lipinski definition) is 1. The van der Waals surface area contributed by atoms with Gasteiger partial charge in [0.25, 0.3) is 0 Å². The minimum Gasteiger partial charge on any atom is -0.459 e. The number of carbonyl (C=O) groups is 3. The van der Waals surface area contributed by atoms with Gasteiger partial charge in [-0.15, -0.1) is 16.4 Å². The van der Waals surface area contributed by atoms with Crippen LogP contribution in [0.5, 0.6) is 0 Å². The largest absolute Gasteiger partial charge is 0.459 e. The number of benzene rings is 3. The molecule has 1 aliphatic rings. The predicted molar refractivity (Wildman–Crippen MR) is 151 cm³/mol. The van der Waals surface area contributed by atoms with Gasteiger partial charge in [-0.1, -0.05) is 54.6 Å². The molecule has 2 N–H and O–H groups in total. The highest BCUT2D eigenvalue weighted by molar-refractivity contribution is 7.15. The van der Waals surface area contributed by atoms with Crippen molar-refractivity contribution >= 4 is 40.2 Å². The minimum atomic E-state index is -1.16. The molecule has 2 aromatic heterocycles. The first-order valence-electron chi connectivity index (χ1n) is 13.0. The summed E-state index contributed by atoms with van der Waals surface area (Å²) in [5, 5.41) is 5.99. The van der Waals surface area contributed by atoms with Gasteiger partial charge in [-0.25, -0.2) is 18.9 Å². The monoisotopic (exact) mass is 584 g/mol. The summed E-state index contributed by atoms with van der Waals surface area (Å²) in [6, 6.07) is 25.2. The second-order valence-corrected chi connectivity index (χ2v) is 10.2. The molecule has 12 heteroatoms. The van der Waals surface area contributed by atoms with Crippen molar-refractivity contribution in [1.82, 2.24) is 14.6 Å². The molecule has 0 saturated carbocycles. The Morgan fingerprint density at radius 2 is 1.31 bits per heavy atom. The molecular weight excluding hydrogens is 560 g/mol. The fourth-order valence-electron chi connectivity index (χ4n) is 4.63. The lowest BCUT2D eigenvalue weighted by Gasteiger charge is -2.24. The number of fused-ring (bicyclic) bond motifs is 1. The average molecular weight is 585 g/mol. The van der Waals surface area contributed by atoms with Crippen LogP contribution in [0, 0.1) is 0 Å². The molecule has 3 heterocycles. The normalized spacial score (nSPS) is 19.8. The van der Waals surface area contributed by atoms with Gasteiger partial charge in [-0.05, 0) is 36.4 Å². The molecule has 11 nitrogen and oxygen atoms in total. The Hall–Kier alpha value is -5.07. The third-order valence-corrected chi connectivity index (χ3v) is 7.45. The Morgan fingerprint density at radius 3 is 1.88 bits per heavy atom. The number of nitrogens with two attached hydrogens (primary N) is 1. The van der Waals surface area contributed by atoms with Gasteiger partial charge < -0.3 is 24.7 Å². The molecule has 4 atom stereocenters. The van der Waals surface area contributed by atoms with Crippen molar-refractivity contribution in [2.75, 3.05) is 12.3 Å². The van der Waals surface area contributed by atoms with Crippen LogP contribution in [-0.2, 0) is 18.9 Å². The molecule has 0 unspecified atom stereocenters. The summed E-state index contributed by atoms with van der Waals surface area (Å²) in [4.78, 5) is 44.0. The number of thiazole rings is 1. The number of ether oxygens (including phenoxy) is 4. The molecular formula is C30H24N4O7S. The summed E-state index contributed by atoms with van der Waals surface area (Å²) < 4.78 is 25.4. The number of hydrogen-bond acceptors (Lipinski definition) is 11. The Labute approximate surface area is 243 Å². The zero-order valence-electron chi connectivity index (χ0n) is 21.9. The summed E-state index contributed by atoms with van der Waals surface area (Å²) >= 11 is 1.26. The first-order chi connectivity index (χ1) is 20.5. The predicted octanol–water partition coefficient (Wildman–Crippen LogP) is 4.12. The number of nitrogen functional groups attached to an aromatic ring is 1. The number of carbonyl (C=O) groups excluding carboxylic acids is 3. The van der Waals surface area contributed by atoms with Crippen LogP contribution in [0.1, 0.15) is 42.9 Å². The zero-order chi connectivity index (χ0) is 29.1. The van der Waals surface area contributed by atoms with Crippen LogP contribution in [0.3, 0.4) is 0 Å². The minimum absolute atomic E-state index is 0.0549. The van der Waals surface area contributed by atoms with Crippen LogP contribution < -0.4 is 5.73 Å². The molecule has 42 heavy (non-hydrogen) atoms. The van der Waals surface area contributed by atoms with E-state index in [1.165, 1.54) is 15.9 Å². The maximum Gasteiger partial charge on any atom is 0.338 e. The van der Waals surface area contributed by atoms with E-state index in [4.69, 9.17) is 24.7 Å². The van der Waals surface area contributed by atoms with Gasteiger partial charge in [0.15, 0.2) is 12.2 Å². The summed E-state index contributed by atoms with van der Waals surface area (Å²) in [5.74, 6) is -1.85. The summed E-state index contributed by atoms with van der Waals surface area (Å²) in [7, 11) is 0. The lowest BCUT2D eigenvalue weighted by atomic mass is 10.0. The van der Waals surface area contributed by atoms with E-state index >= 15 is 0 Å². The van der Waals surface area contributed by atoms with Gasteiger partial charge in [0, 0.05) is 5.38 Å². The summed E-state index contributed by atoms with van der Waals surface area (Å²) in [6.45, 7) is -0.289. The van der Waals surface area contributed by atoms with Crippen molar-refractivity contribution in [3.63, 3.8) is 0 Å². The molecule has 1 fully saturated rings. The second kappa shape index (κ2) is 11.8. The lowest BCUT2D eigenvalue weighted by molar-refractivity contribution is -0.0452. The number of rotatable bonds is 8. The molecule has 6 rings (SSSR count). The first kappa shape index (κ1) is 27.1. The van der Waals surface area contributed by atoms with Crippen LogP contribution in [0.4, 0.5) is 5.95 Å². The maximum atomic E-state index is 13.3. The van der Waals surface area contributed by atoms with Crippen molar-refractivity contribution in [3.05, 3.63) is 119 Å². The SMILES string of the molecule is Nc1nc2scc([C@@H]3O[C@H](COC(=O)c4ccccc4)[C@@H](OC(=O)c4ccccc4)[C@H]3OC(=O)c3ccccc3)n2n1. The van der Waals surface area contributed by atoms with Crippen molar-refractivity contribution in [3.8, 4) is 0 Å². The van der Waals surface area contributed by atoms with Gasteiger partial charge in [0.05, 0.1) is 22.4 Å².